The molecule has 124 valence electrons. The van der Waals surface area contributed by atoms with Crippen LogP contribution >= 0.6 is 0 Å². The molecule has 1 aromatic rings. The largest absolute Gasteiger partial charge is 0.378 e. The fourth-order valence-corrected chi connectivity index (χ4v) is 3.33. The maximum absolute atomic E-state index is 12.3. The summed E-state index contributed by atoms with van der Waals surface area (Å²) in [6, 6.07) is 5.80. The number of carbonyl (C=O) groups excluding carboxylic acids is 2. The van der Waals surface area contributed by atoms with E-state index in [1.165, 1.54) is 17.5 Å². The zero-order valence-electron chi connectivity index (χ0n) is 13.6. The predicted octanol–water partition coefficient (Wildman–Crippen LogP) is 1.08. The molecule has 0 aromatic heterocycles. The van der Waals surface area contributed by atoms with E-state index in [2.05, 4.69) is 17.4 Å². The van der Waals surface area contributed by atoms with E-state index >= 15 is 0 Å². The van der Waals surface area contributed by atoms with Crippen LogP contribution in [0.25, 0.3) is 0 Å². The van der Waals surface area contributed by atoms with Crippen LogP contribution in [0.15, 0.2) is 18.2 Å². The van der Waals surface area contributed by atoms with Crippen LogP contribution in [0.3, 0.4) is 0 Å². The van der Waals surface area contributed by atoms with Crippen LogP contribution in [-0.4, -0.2) is 49.1 Å². The molecule has 5 heteroatoms. The third-order valence-electron chi connectivity index (χ3n) is 4.60. The van der Waals surface area contributed by atoms with E-state index in [0.717, 1.165) is 18.4 Å². The number of aryl methyl sites for hydroxylation is 2. The van der Waals surface area contributed by atoms with Crippen molar-refractivity contribution in [1.29, 1.82) is 0 Å². The van der Waals surface area contributed by atoms with Gasteiger partial charge in [0.15, 0.2) is 0 Å². The van der Waals surface area contributed by atoms with E-state index in [4.69, 9.17) is 4.74 Å². The molecule has 0 bridgehead atoms. The second kappa shape index (κ2) is 7.13. The molecule has 1 fully saturated rings. The van der Waals surface area contributed by atoms with Crippen molar-refractivity contribution in [3.63, 3.8) is 0 Å². The lowest BCUT2D eigenvalue weighted by Gasteiger charge is -2.29. The monoisotopic (exact) mass is 316 g/mol. The van der Waals surface area contributed by atoms with Crippen LogP contribution in [-0.2, 0) is 33.6 Å². The lowest BCUT2D eigenvalue weighted by atomic mass is 10.0. The first-order valence-electron chi connectivity index (χ1n) is 8.40. The number of carbonyl (C=O) groups is 2. The van der Waals surface area contributed by atoms with Crippen molar-refractivity contribution >= 4 is 11.8 Å². The molecule has 1 saturated heterocycles. The maximum atomic E-state index is 12.3. The van der Waals surface area contributed by atoms with Crippen LogP contribution in [0.5, 0.6) is 0 Å². The number of nitrogens with zero attached hydrogens (tertiary/aromatic N) is 1. The summed E-state index contributed by atoms with van der Waals surface area (Å²) < 4.78 is 5.25. The minimum Gasteiger partial charge on any atom is -0.378 e. The topological polar surface area (TPSA) is 58.6 Å². The van der Waals surface area contributed by atoms with Crippen molar-refractivity contribution in [1.82, 2.24) is 10.2 Å². The number of benzene rings is 1. The van der Waals surface area contributed by atoms with Gasteiger partial charge in [-0.25, -0.2) is 0 Å². The molecule has 3 rings (SSSR count). The van der Waals surface area contributed by atoms with Crippen molar-refractivity contribution in [2.75, 3.05) is 26.3 Å². The standard InChI is InChI=1S/C18H24N2O3/c1-13(18(22)20-7-9-23-10-8-20)19-17(21)12-14-5-6-15-3-2-4-16(15)11-14/h5-6,11,13H,2-4,7-10,12H2,1H3,(H,19,21)/t13-/m1/s1. The Morgan fingerprint density at radius 2 is 1.96 bits per heavy atom. The summed E-state index contributed by atoms with van der Waals surface area (Å²) in [5.41, 5.74) is 3.80. The second-order valence-electron chi connectivity index (χ2n) is 6.36. The number of fused-ring (bicyclic) bond motifs is 1. The van der Waals surface area contributed by atoms with E-state index in [1.54, 1.807) is 11.8 Å². The first kappa shape index (κ1) is 16.0. The number of hydrogen-bond acceptors (Lipinski definition) is 3. The van der Waals surface area contributed by atoms with Crippen molar-refractivity contribution in [3.8, 4) is 0 Å². The Morgan fingerprint density at radius 1 is 1.22 bits per heavy atom. The fraction of sp³-hybridized carbons (Fsp3) is 0.556. The Balaban J connectivity index is 1.53. The molecule has 1 atom stereocenters. The molecule has 0 radical (unpaired) electrons. The van der Waals surface area contributed by atoms with Crippen LogP contribution in [0.1, 0.15) is 30.0 Å². The molecule has 1 N–H and O–H groups in total. The molecule has 2 amide bonds. The number of hydrogen-bond donors (Lipinski definition) is 1. The highest BCUT2D eigenvalue weighted by Crippen LogP contribution is 2.22. The minimum absolute atomic E-state index is 0.0318. The van der Waals surface area contributed by atoms with Gasteiger partial charge in [-0.15, -0.1) is 0 Å². The van der Waals surface area contributed by atoms with Crippen molar-refractivity contribution < 1.29 is 14.3 Å². The van der Waals surface area contributed by atoms with E-state index in [-0.39, 0.29) is 11.8 Å². The number of ether oxygens (including phenoxy) is 1. The summed E-state index contributed by atoms with van der Waals surface area (Å²) in [7, 11) is 0. The molecule has 1 heterocycles. The Labute approximate surface area is 137 Å². The van der Waals surface area contributed by atoms with Gasteiger partial charge in [-0.3, -0.25) is 9.59 Å². The molecular weight excluding hydrogens is 292 g/mol. The molecule has 1 aliphatic heterocycles. The minimum atomic E-state index is -0.491. The molecule has 0 saturated carbocycles. The molecule has 0 unspecified atom stereocenters. The molecule has 0 spiro atoms. The SMILES string of the molecule is C[C@@H](NC(=O)Cc1ccc2c(c1)CCC2)C(=O)N1CCOCC1. The van der Waals surface area contributed by atoms with Gasteiger partial charge in [0, 0.05) is 13.1 Å². The fourth-order valence-electron chi connectivity index (χ4n) is 3.33. The van der Waals surface area contributed by atoms with E-state index < -0.39 is 6.04 Å². The number of nitrogens with one attached hydrogen (secondary N) is 1. The van der Waals surface area contributed by atoms with Gasteiger partial charge in [0.1, 0.15) is 6.04 Å². The van der Waals surface area contributed by atoms with Crippen LogP contribution in [0, 0.1) is 0 Å². The van der Waals surface area contributed by atoms with Crippen LogP contribution < -0.4 is 5.32 Å². The molecule has 1 aliphatic carbocycles. The third kappa shape index (κ3) is 3.91. The highest BCUT2D eigenvalue weighted by molar-refractivity contribution is 5.88. The van der Waals surface area contributed by atoms with Crippen molar-refractivity contribution in [2.24, 2.45) is 0 Å². The number of morpholine rings is 1. The predicted molar refractivity (Wildman–Crippen MR) is 87.2 cm³/mol. The molecule has 1 aromatic carbocycles. The molecular formula is C18H24N2O3. The first-order valence-corrected chi connectivity index (χ1v) is 8.40. The van der Waals surface area contributed by atoms with Gasteiger partial charge >= 0.3 is 0 Å². The summed E-state index contributed by atoms with van der Waals surface area (Å²) in [6.45, 7) is 4.09. The Bertz CT molecular complexity index is 594. The quantitative estimate of drug-likeness (QED) is 0.904. The summed E-state index contributed by atoms with van der Waals surface area (Å²) in [4.78, 5) is 26.3. The van der Waals surface area contributed by atoms with Gasteiger partial charge in [0.25, 0.3) is 0 Å². The smallest absolute Gasteiger partial charge is 0.245 e. The summed E-state index contributed by atoms with van der Waals surface area (Å²) in [5, 5.41) is 2.82. The number of amides is 2. The van der Waals surface area contributed by atoms with E-state index in [1.807, 2.05) is 6.07 Å². The van der Waals surface area contributed by atoms with Crippen LogP contribution in [0.2, 0.25) is 0 Å². The van der Waals surface area contributed by atoms with Gasteiger partial charge in [-0.05, 0) is 42.9 Å². The Hall–Kier alpha value is -1.88. The highest BCUT2D eigenvalue weighted by atomic mass is 16.5. The van der Waals surface area contributed by atoms with Gasteiger partial charge in [-0.1, -0.05) is 18.2 Å². The average molecular weight is 316 g/mol. The zero-order valence-corrected chi connectivity index (χ0v) is 13.6. The molecule has 2 aliphatic rings. The Kier molecular flexibility index (Phi) is 4.96. The first-order chi connectivity index (χ1) is 11.1. The highest BCUT2D eigenvalue weighted by Gasteiger charge is 2.23. The average Bonchev–Trinajstić information content (AvgIpc) is 3.02. The third-order valence-corrected chi connectivity index (χ3v) is 4.60. The summed E-state index contributed by atoms with van der Waals surface area (Å²) >= 11 is 0. The zero-order chi connectivity index (χ0) is 16.2. The lowest BCUT2D eigenvalue weighted by molar-refractivity contribution is -0.139. The van der Waals surface area contributed by atoms with Crippen molar-refractivity contribution in [3.05, 3.63) is 34.9 Å². The second-order valence-corrected chi connectivity index (χ2v) is 6.36. The van der Waals surface area contributed by atoms with Crippen LogP contribution in [0.4, 0.5) is 0 Å². The van der Waals surface area contributed by atoms with Gasteiger partial charge in [0.2, 0.25) is 11.8 Å². The van der Waals surface area contributed by atoms with Crippen molar-refractivity contribution in [2.45, 2.75) is 38.6 Å². The van der Waals surface area contributed by atoms with E-state index in [0.29, 0.717) is 32.7 Å². The number of rotatable bonds is 4. The normalized spacial score (nSPS) is 18.4. The van der Waals surface area contributed by atoms with Gasteiger partial charge < -0.3 is 15.0 Å². The Morgan fingerprint density at radius 3 is 2.74 bits per heavy atom. The van der Waals surface area contributed by atoms with Gasteiger partial charge in [0.05, 0.1) is 19.6 Å². The summed E-state index contributed by atoms with van der Waals surface area (Å²) in [6.07, 6.45) is 3.79. The summed E-state index contributed by atoms with van der Waals surface area (Å²) in [5.74, 6) is -0.132. The molecule has 23 heavy (non-hydrogen) atoms. The molecule has 5 nitrogen and oxygen atoms in total. The van der Waals surface area contributed by atoms with E-state index in [9.17, 15) is 9.59 Å². The van der Waals surface area contributed by atoms with Gasteiger partial charge in [-0.2, -0.15) is 0 Å². The maximum Gasteiger partial charge on any atom is 0.245 e. The lowest BCUT2D eigenvalue weighted by Crippen LogP contribution is -2.50.